The highest BCUT2D eigenvalue weighted by atomic mass is 19.4. The smallest absolute Gasteiger partial charge is 0.268 e. The molecular weight excluding hydrogens is 582 g/mol. The second-order valence-electron chi connectivity index (χ2n) is 6.29. The van der Waals surface area contributed by atoms with Crippen LogP contribution in [-0.2, 0) is 9.47 Å². The van der Waals surface area contributed by atoms with Gasteiger partial charge in [-0.25, -0.2) is 4.74 Å². The van der Waals surface area contributed by atoms with Crippen LogP contribution in [0.5, 0.6) is 0 Å². The van der Waals surface area contributed by atoms with Crippen LogP contribution >= 0.6 is 0 Å². The lowest BCUT2D eigenvalue weighted by molar-refractivity contribution is -0.484. The van der Waals surface area contributed by atoms with Crippen LogP contribution in [0.3, 0.4) is 0 Å². The molecule has 0 spiro atoms. The molecule has 1 aliphatic heterocycles. The monoisotopic (exact) mass is 582 g/mol. The largest absolute Gasteiger partial charge is 0.460 e. The SMILES string of the molecule is FC(F)(F)C(F)(F)C(F)(F)C(F)(F)C1(F)OC(F)(F)C(F)(C(F)(F)C(F)(F)C(F)(F)C(F)(F)F)O1. The van der Waals surface area contributed by atoms with Gasteiger partial charge in [-0.05, 0) is 0 Å². The summed E-state index contributed by atoms with van der Waals surface area (Å²) >= 11 is 0. The highest BCUT2D eigenvalue weighted by Gasteiger charge is 2.98. The molecule has 0 bridgehead atoms. The summed E-state index contributed by atoms with van der Waals surface area (Å²) in [7, 11) is 0. The van der Waals surface area contributed by atoms with Crippen LogP contribution in [0.4, 0.5) is 96.6 Å². The van der Waals surface area contributed by atoms with Gasteiger partial charge in [-0.15, -0.1) is 0 Å². The van der Waals surface area contributed by atoms with Crippen molar-refractivity contribution in [1.29, 1.82) is 0 Å². The van der Waals surface area contributed by atoms with Gasteiger partial charge >= 0.3 is 65.9 Å². The fourth-order valence-corrected chi connectivity index (χ4v) is 2.01. The fourth-order valence-electron chi connectivity index (χ4n) is 2.01. The molecule has 24 heteroatoms. The van der Waals surface area contributed by atoms with E-state index in [0.29, 0.717) is 0 Å². The zero-order valence-electron chi connectivity index (χ0n) is 14.6. The molecule has 1 saturated heterocycles. The minimum atomic E-state index is -8.64. The minimum absolute atomic E-state index is 1.50. The molecule has 2 nitrogen and oxygen atoms in total. The molecule has 2 atom stereocenters. The quantitative estimate of drug-likeness (QED) is 0.319. The van der Waals surface area contributed by atoms with Crippen LogP contribution in [0.2, 0.25) is 0 Å². The van der Waals surface area contributed by atoms with E-state index < -0.39 is 65.9 Å². The Morgan fingerprint density at radius 2 is 0.657 bits per heavy atom. The van der Waals surface area contributed by atoms with Crippen LogP contribution in [0.1, 0.15) is 0 Å². The molecule has 1 fully saturated rings. The van der Waals surface area contributed by atoms with Crippen LogP contribution in [0.15, 0.2) is 0 Å². The maximum atomic E-state index is 14.0. The third-order valence-electron chi connectivity index (χ3n) is 3.97. The topological polar surface area (TPSA) is 18.5 Å². The Hall–Kier alpha value is -1.62. The Morgan fingerprint density at radius 3 is 0.943 bits per heavy atom. The molecule has 0 aromatic heterocycles. The Bertz CT molecular complexity index is 822. The summed E-state index contributed by atoms with van der Waals surface area (Å²) in [6.45, 7) is 0. The fraction of sp³-hybridized carbons (Fsp3) is 1.00. The van der Waals surface area contributed by atoms with E-state index in [2.05, 4.69) is 0 Å². The highest BCUT2D eigenvalue weighted by molar-refractivity contribution is 5.14. The van der Waals surface area contributed by atoms with E-state index in [1.54, 1.807) is 0 Å². The number of hydrogen-bond acceptors (Lipinski definition) is 2. The van der Waals surface area contributed by atoms with Crippen molar-refractivity contribution in [2.75, 3.05) is 0 Å². The first kappa shape index (κ1) is 31.4. The van der Waals surface area contributed by atoms with Gasteiger partial charge in [0.25, 0.3) is 0 Å². The summed E-state index contributed by atoms with van der Waals surface area (Å²) in [5.41, 5.74) is 0. The molecule has 0 saturated carbocycles. The lowest BCUT2D eigenvalue weighted by atomic mass is 9.96. The van der Waals surface area contributed by atoms with Crippen molar-refractivity contribution < 1.29 is 106 Å². The summed E-state index contributed by atoms with van der Waals surface area (Å²) in [5, 5.41) is 0. The summed E-state index contributed by atoms with van der Waals surface area (Å²) < 4.78 is 287. The Kier molecular flexibility index (Phi) is 6.49. The van der Waals surface area contributed by atoms with Crippen molar-refractivity contribution in [3.8, 4) is 0 Å². The number of hydrogen-bond donors (Lipinski definition) is 0. The van der Waals surface area contributed by atoms with Gasteiger partial charge < -0.3 is 0 Å². The standard InChI is InChI=1S/C11F22O2/c12-1(13,4(18,19)8(25,26)27)3(16,17)7(24)10(31,32)35-11(33,34-7)6(22,23)2(14,15)5(20,21)9(28,29)30. The van der Waals surface area contributed by atoms with Crippen molar-refractivity contribution in [1.82, 2.24) is 0 Å². The minimum Gasteiger partial charge on any atom is -0.268 e. The van der Waals surface area contributed by atoms with Gasteiger partial charge in [0.15, 0.2) is 0 Å². The predicted octanol–water partition coefficient (Wildman–Crippen LogP) is 6.85. The van der Waals surface area contributed by atoms with Gasteiger partial charge in [0, 0.05) is 0 Å². The number of alkyl halides is 22. The van der Waals surface area contributed by atoms with E-state index in [1.807, 2.05) is 0 Å². The molecule has 1 rings (SSSR count). The second kappa shape index (κ2) is 7.24. The average molecular weight is 582 g/mol. The Labute approximate surface area is 173 Å². The lowest BCUT2D eigenvalue weighted by Crippen LogP contribution is -2.71. The first-order valence-corrected chi connectivity index (χ1v) is 7.22. The van der Waals surface area contributed by atoms with Gasteiger partial charge in [0.2, 0.25) is 0 Å². The summed E-state index contributed by atoms with van der Waals surface area (Å²) in [4.78, 5) is 0. The Balaban J connectivity index is 3.80. The molecule has 0 N–H and O–H groups in total. The molecule has 1 aliphatic rings. The number of rotatable bonds is 6. The normalized spacial score (nSPS) is 27.9. The third-order valence-corrected chi connectivity index (χ3v) is 3.97. The van der Waals surface area contributed by atoms with Crippen molar-refractivity contribution >= 4 is 0 Å². The number of halogens is 22. The molecule has 1 heterocycles. The molecular formula is C11F22O2. The maximum Gasteiger partial charge on any atom is 0.460 e. The van der Waals surface area contributed by atoms with Gasteiger partial charge in [-0.1, -0.05) is 0 Å². The zero-order valence-corrected chi connectivity index (χ0v) is 14.6. The highest BCUT2D eigenvalue weighted by Crippen LogP contribution is 2.67. The van der Waals surface area contributed by atoms with E-state index in [4.69, 9.17) is 0 Å². The molecule has 0 aliphatic carbocycles. The van der Waals surface area contributed by atoms with E-state index in [-0.39, 0.29) is 0 Å². The predicted molar refractivity (Wildman–Crippen MR) is 56.6 cm³/mol. The lowest BCUT2D eigenvalue weighted by Gasteiger charge is -2.40. The van der Waals surface area contributed by atoms with Gasteiger partial charge in [-0.3, -0.25) is 4.74 Å². The summed E-state index contributed by atoms with van der Waals surface area (Å²) in [5.74, 6) is -59.0. The van der Waals surface area contributed by atoms with E-state index in [1.165, 1.54) is 9.47 Å². The first-order valence-electron chi connectivity index (χ1n) is 7.22. The van der Waals surface area contributed by atoms with Crippen LogP contribution in [0.25, 0.3) is 0 Å². The molecule has 0 radical (unpaired) electrons. The molecule has 35 heavy (non-hydrogen) atoms. The van der Waals surface area contributed by atoms with E-state index in [9.17, 15) is 96.6 Å². The zero-order chi connectivity index (χ0) is 28.9. The van der Waals surface area contributed by atoms with Crippen molar-refractivity contribution in [3.63, 3.8) is 0 Å². The summed E-state index contributed by atoms with van der Waals surface area (Å²) in [6, 6.07) is -7.78. The second-order valence-corrected chi connectivity index (χ2v) is 6.29. The third kappa shape index (κ3) is 3.58. The number of ether oxygens (including phenoxy) is 2. The van der Waals surface area contributed by atoms with E-state index in [0.717, 1.165) is 0 Å². The van der Waals surface area contributed by atoms with Crippen molar-refractivity contribution in [2.24, 2.45) is 0 Å². The first-order chi connectivity index (χ1) is 14.7. The molecule has 0 aromatic rings. The van der Waals surface area contributed by atoms with Crippen molar-refractivity contribution in [2.45, 2.75) is 65.9 Å². The average Bonchev–Trinajstić information content (AvgIpc) is 2.78. The molecule has 2 unspecified atom stereocenters. The van der Waals surface area contributed by atoms with Gasteiger partial charge in [0.1, 0.15) is 0 Å². The summed E-state index contributed by atoms with van der Waals surface area (Å²) in [6.07, 6.45) is -23.6. The van der Waals surface area contributed by atoms with Crippen LogP contribution in [0, 0.1) is 0 Å². The molecule has 0 amide bonds. The molecule has 0 aromatic carbocycles. The molecule has 210 valence electrons. The Morgan fingerprint density at radius 1 is 0.371 bits per heavy atom. The van der Waals surface area contributed by atoms with Crippen LogP contribution < -0.4 is 0 Å². The van der Waals surface area contributed by atoms with Gasteiger partial charge in [0.05, 0.1) is 0 Å². The van der Waals surface area contributed by atoms with E-state index >= 15 is 0 Å². The van der Waals surface area contributed by atoms with Crippen molar-refractivity contribution in [3.05, 3.63) is 0 Å². The van der Waals surface area contributed by atoms with Crippen LogP contribution in [-0.4, -0.2) is 65.9 Å². The van der Waals surface area contributed by atoms with Gasteiger partial charge in [-0.2, -0.15) is 96.6 Å². The maximum absolute atomic E-state index is 14.0.